The summed E-state index contributed by atoms with van der Waals surface area (Å²) >= 11 is 0. The van der Waals surface area contributed by atoms with Gasteiger partial charge < -0.3 is 9.53 Å². The van der Waals surface area contributed by atoms with Crippen molar-refractivity contribution < 1.29 is 9.53 Å². The number of hydrogen-bond acceptors (Lipinski definition) is 2. The summed E-state index contributed by atoms with van der Waals surface area (Å²) in [4.78, 5) is 0. The number of benzene rings is 2. The molecule has 2 aromatic carbocycles. The van der Waals surface area contributed by atoms with Gasteiger partial charge in [-0.3, -0.25) is 0 Å². The molecule has 34 heavy (non-hydrogen) atoms. The molecule has 0 aliphatic carbocycles. The lowest BCUT2D eigenvalue weighted by molar-refractivity contribution is 0.0769. The molecular weight excluding hydrogens is 449 g/mol. The fourth-order valence-corrected chi connectivity index (χ4v) is 15.7. The Kier molecular flexibility index (Phi) is 9.58. The van der Waals surface area contributed by atoms with Crippen LogP contribution in [0.4, 0.5) is 0 Å². The predicted octanol–water partition coefficient (Wildman–Crippen LogP) is 6.53. The van der Waals surface area contributed by atoms with Crippen LogP contribution < -0.4 is 10.4 Å². The molecule has 1 N–H and O–H groups in total. The third-order valence-corrected chi connectivity index (χ3v) is 18.8. The van der Waals surface area contributed by atoms with E-state index >= 15 is 0 Å². The van der Waals surface area contributed by atoms with Gasteiger partial charge in [0.1, 0.15) is 14.2 Å². The molecule has 0 fully saturated rings. The fourth-order valence-electron chi connectivity index (χ4n) is 5.76. The molecule has 0 radical (unpaired) electrons. The Hall–Kier alpha value is -1.65. The summed E-state index contributed by atoms with van der Waals surface area (Å²) in [5.74, 6) is 3.55. The van der Waals surface area contributed by atoms with Crippen molar-refractivity contribution in [3.8, 4) is 11.5 Å². The molecule has 0 aromatic heterocycles. The van der Waals surface area contributed by atoms with E-state index in [4.69, 9.17) is 4.43 Å². The quantitative estimate of drug-likeness (QED) is 0.334. The van der Waals surface area contributed by atoms with E-state index in [9.17, 15) is 5.11 Å². The number of aliphatic hydroxyl groups excluding tert-OH is 1. The van der Waals surface area contributed by atoms with Crippen molar-refractivity contribution in [2.24, 2.45) is 0 Å². The normalized spacial score (nSPS) is 14.8. The van der Waals surface area contributed by atoms with Gasteiger partial charge in [-0.1, -0.05) is 129 Å². The number of hydrogen-bond donors (Lipinski definition) is 1. The van der Waals surface area contributed by atoms with Gasteiger partial charge in [0.25, 0.3) is 8.32 Å². The third kappa shape index (κ3) is 5.60. The molecule has 0 aliphatic heterocycles. The molecule has 2 nitrogen and oxygen atoms in total. The van der Waals surface area contributed by atoms with Crippen LogP contribution in [0.15, 0.2) is 60.7 Å². The van der Waals surface area contributed by atoms with E-state index in [1.165, 1.54) is 10.4 Å². The van der Waals surface area contributed by atoms with Crippen molar-refractivity contribution in [3.05, 3.63) is 60.7 Å². The van der Waals surface area contributed by atoms with Crippen LogP contribution in [0.1, 0.15) is 69.2 Å². The first-order valence-corrected chi connectivity index (χ1v) is 16.9. The zero-order valence-electron chi connectivity index (χ0n) is 23.0. The van der Waals surface area contributed by atoms with Gasteiger partial charge in [0.05, 0.1) is 6.10 Å². The second-order valence-corrected chi connectivity index (χ2v) is 21.4. The third-order valence-electron chi connectivity index (χ3n) is 7.46. The highest BCUT2D eigenvalue weighted by Crippen LogP contribution is 2.41. The van der Waals surface area contributed by atoms with Gasteiger partial charge in [0, 0.05) is 0 Å². The molecule has 0 heterocycles. The summed E-state index contributed by atoms with van der Waals surface area (Å²) < 4.78 is 7.21. The lowest BCUT2D eigenvalue weighted by Crippen LogP contribution is -2.68. The largest absolute Gasteiger partial charge is 0.391 e. The minimum absolute atomic E-state index is 0.160. The van der Waals surface area contributed by atoms with E-state index in [-0.39, 0.29) is 5.04 Å². The molecule has 0 aliphatic rings. The first-order chi connectivity index (χ1) is 15.8. The van der Waals surface area contributed by atoms with Gasteiger partial charge in [-0.25, -0.2) is 0 Å². The van der Waals surface area contributed by atoms with Crippen LogP contribution in [0.3, 0.4) is 0 Å². The predicted molar refractivity (Wildman–Crippen MR) is 153 cm³/mol. The lowest BCUT2D eigenvalue weighted by Gasteiger charge is -2.45. The second-order valence-electron chi connectivity index (χ2n) is 11.6. The van der Waals surface area contributed by atoms with E-state index < -0.39 is 28.6 Å². The molecule has 4 heteroatoms. The van der Waals surface area contributed by atoms with Crippen LogP contribution in [0.2, 0.25) is 21.7 Å². The summed E-state index contributed by atoms with van der Waals surface area (Å²) in [5.41, 5.74) is 5.41. The molecule has 2 rings (SSSR count). The lowest BCUT2D eigenvalue weighted by atomic mass is 10.2. The van der Waals surface area contributed by atoms with Gasteiger partial charge in [-0.15, -0.1) is 5.54 Å². The van der Waals surface area contributed by atoms with Crippen LogP contribution >= 0.6 is 0 Å². The SMILES string of the molecule is CC(C)[Si](C#C[C@H](O[Si](c1ccccc1)(c1ccccc1)C(C)(C)C)[C@@H](C)O)(C(C)C)C(C)C. The summed E-state index contributed by atoms with van der Waals surface area (Å²) in [6, 6.07) is 21.2. The Labute approximate surface area is 211 Å². The summed E-state index contributed by atoms with van der Waals surface area (Å²) in [5, 5.41) is 13.2. The Morgan fingerprint density at radius 1 is 0.706 bits per heavy atom. The van der Waals surface area contributed by atoms with E-state index in [1.807, 2.05) is 6.92 Å². The summed E-state index contributed by atoms with van der Waals surface area (Å²) in [7, 11) is -4.75. The standard InChI is InChI=1S/C30H46O2Si2/c1-23(2)33(24(3)4,25(5)6)22-21-29(26(7)31)32-34(30(8,9)10,27-17-13-11-14-18-27)28-19-15-12-16-20-28/h11-20,23-26,29,31H,1-10H3/t26-,29+/m1/s1. The van der Waals surface area contributed by atoms with Gasteiger partial charge in [0.15, 0.2) is 0 Å². The molecule has 186 valence electrons. The van der Waals surface area contributed by atoms with Crippen LogP contribution in [0.5, 0.6) is 0 Å². The highest BCUT2D eigenvalue weighted by Gasteiger charge is 2.52. The molecule has 2 aromatic rings. The molecule has 0 saturated heterocycles. The molecule has 0 amide bonds. The van der Waals surface area contributed by atoms with Crippen molar-refractivity contribution in [1.29, 1.82) is 0 Å². The first kappa shape index (κ1) is 28.6. The molecule has 0 bridgehead atoms. The van der Waals surface area contributed by atoms with Crippen LogP contribution in [0.25, 0.3) is 0 Å². The van der Waals surface area contributed by atoms with Gasteiger partial charge in [-0.2, -0.15) is 0 Å². The molecule has 0 unspecified atom stereocenters. The summed E-state index contributed by atoms with van der Waals surface area (Å²) in [6.45, 7) is 22.5. The average molecular weight is 495 g/mol. The Morgan fingerprint density at radius 2 is 1.09 bits per heavy atom. The van der Waals surface area contributed by atoms with Crippen molar-refractivity contribution in [3.63, 3.8) is 0 Å². The Balaban J connectivity index is 2.76. The first-order valence-electron chi connectivity index (χ1n) is 12.8. The minimum Gasteiger partial charge on any atom is -0.391 e. The van der Waals surface area contributed by atoms with Crippen LogP contribution in [0, 0.1) is 11.5 Å². The number of aliphatic hydroxyl groups is 1. The van der Waals surface area contributed by atoms with Crippen LogP contribution in [-0.2, 0) is 4.43 Å². The monoisotopic (exact) mass is 494 g/mol. The maximum absolute atomic E-state index is 11.0. The fraction of sp³-hybridized carbons (Fsp3) is 0.533. The molecule has 2 atom stereocenters. The topological polar surface area (TPSA) is 29.5 Å². The highest BCUT2D eigenvalue weighted by molar-refractivity contribution is 6.99. The van der Waals surface area contributed by atoms with E-state index in [2.05, 4.69) is 134 Å². The van der Waals surface area contributed by atoms with Crippen molar-refractivity contribution >= 4 is 26.8 Å². The van der Waals surface area contributed by atoms with Crippen molar-refractivity contribution in [2.45, 2.75) is 103 Å². The molecule has 0 spiro atoms. The highest BCUT2D eigenvalue weighted by atomic mass is 28.4. The van der Waals surface area contributed by atoms with E-state index in [0.29, 0.717) is 16.6 Å². The zero-order valence-corrected chi connectivity index (χ0v) is 25.0. The maximum Gasteiger partial charge on any atom is 0.262 e. The molecular formula is C30H46O2Si2. The van der Waals surface area contributed by atoms with Crippen molar-refractivity contribution in [2.75, 3.05) is 0 Å². The average Bonchev–Trinajstić information content (AvgIpc) is 2.75. The van der Waals surface area contributed by atoms with Gasteiger partial charge in [0.2, 0.25) is 0 Å². The summed E-state index contributed by atoms with van der Waals surface area (Å²) in [6.07, 6.45) is -1.23. The Morgan fingerprint density at radius 3 is 1.38 bits per heavy atom. The number of rotatable bonds is 8. The Bertz CT molecular complexity index is 887. The van der Waals surface area contributed by atoms with Gasteiger partial charge in [-0.05, 0) is 39.0 Å². The van der Waals surface area contributed by atoms with Gasteiger partial charge >= 0.3 is 0 Å². The molecule has 0 saturated carbocycles. The second kappa shape index (κ2) is 11.4. The van der Waals surface area contributed by atoms with Crippen LogP contribution in [-0.4, -0.2) is 33.7 Å². The van der Waals surface area contributed by atoms with Crippen molar-refractivity contribution in [1.82, 2.24) is 0 Å². The maximum atomic E-state index is 11.0. The zero-order chi connectivity index (χ0) is 25.7. The van der Waals surface area contributed by atoms with E-state index in [0.717, 1.165) is 0 Å². The van der Waals surface area contributed by atoms with E-state index in [1.54, 1.807) is 0 Å². The smallest absolute Gasteiger partial charge is 0.262 e. The minimum atomic E-state index is -2.80.